The summed E-state index contributed by atoms with van der Waals surface area (Å²) in [6.07, 6.45) is 1.06. The molecule has 4 nitrogen and oxygen atoms in total. The molecule has 1 unspecified atom stereocenters. The molecule has 0 heterocycles. The fourth-order valence-electron chi connectivity index (χ4n) is 1.58. The van der Waals surface area contributed by atoms with E-state index in [4.69, 9.17) is 10.00 Å². The zero-order valence-electron chi connectivity index (χ0n) is 10.8. The number of nitrogens with zero attached hydrogens (tertiary/aromatic N) is 1. The SMILES string of the molecule is CCOC(=O)C(CC)Nc1ccc(CC#N)cc1. The molecule has 0 aliphatic carbocycles. The first-order chi connectivity index (χ1) is 8.71. The van der Waals surface area contributed by atoms with Crippen LogP contribution in [0.25, 0.3) is 0 Å². The maximum atomic E-state index is 11.6. The summed E-state index contributed by atoms with van der Waals surface area (Å²) in [5, 5.41) is 11.7. The van der Waals surface area contributed by atoms with Crippen molar-refractivity contribution in [1.82, 2.24) is 0 Å². The molecule has 1 aromatic carbocycles. The molecule has 0 aliphatic rings. The molecule has 1 aromatic rings. The van der Waals surface area contributed by atoms with Crippen molar-refractivity contribution in [2.75, 3.05) is 11.9 Å². The Morgan fingerprint density at radius 3 is 2.56 bits per heavy atom. The predicted octanol–water partition coefficient (Wildman–Crippen LogP) is 2.51. The lowest BCUT2D eigenvalue weighted by atomic mass is 10.1. The van der Waals surface area contributed by atoms with Gasteiger partial charge in [0.2, 0.25) is 0 Å². The van der Waals surface area contributed by atoms with Crippen molar-refractivity contribution < 1.29 is 9.53 Å². The number of hydrogen-bond acceptors (Lipinski definition) is 4. The summed E-state index contributed by atoms with van der Waals surface area (Å²) in [5.74, 6) is -0.235. The largest absolute Gasteiger partial charge is 0.464 e. The lowest BCUT2D eigenvalue weighted by Gasteiger charge is -2.16. The topological polar surface area (TPSA) is 62.1 Å². The van der Waals surface area contributed by atoms with Crippen LogP contribution < -0.4 is 5.32 Å². The highest BCUT2D eigenvalue weighted by Crippen LogP contribution is 2.13. The highest BCUT2D eigenvalue weighted by molar-refractivity contribution is 5.79. The van der Waals surface area contributed by atoms with E-state index in [1.165, 1.54) is 0 Å². The summed E-state index contributed by atoms with van der Waals surface area (Å²) in [6.45, 7) is 4.11. The third-order valence-corrected chi connectivity index (χ3v) is 2.56. The minimum Gasteiger partial charge on any atom is -0.464 e. The van der Waals surface area contributed by atoms with Gasteiger partial charge in [0.05, 0.1) is 19.1 Å². The van der Waals surface area contributed by atoms with Gasteiger partial charge >= 0.3 is 5.97 Å². The Morgan fingerprint density at radius 2 is 2.06 bits per heavy atom. The van der Waals surface area contributed by atoms with Crippen LogP contribution >= 0.6 is 0 Å². The molecule has 0 amide bonds. The van der Waals surface area contributed by atoms with Gasteiger partial charge in [-0.15, -0.1) is 0 Å². The van der Waals surface area contributed by atoms with E-state index in [0.717, 1.165) is 11.3 Å². The number of esters is 1. The number of rotatable bonds is 6. The summed E-state index contributed by atoms with van der Waals surface area (Å²) >= 11 is 0. The lowest BCUT2D eigenvalue weighted by Crippen LogP contribution is -2.30. The summed E-state index contributed by atoms with van der Waals surface area (Å²) < 4.78 is 4.98. The molecule has 1 N–H and O–H groups in total. The molecular formula is C14H18N2O2. The molecule has 0 fully saturated rings. The Balaban J connectivity index is 2.64. The molecular weight excluding hydrogens is 228 g/mol. The van der Waals surface area contributed by atoms with Gasteiger partial charge < -0.3 is 10.1 Å². The minimum absolute atomic E-state index is 0.235. The molecule has 0 radical (unpaired) electrons. The smallest absolute Gasteiger partial charge is 0.328 e. The van der Waals surface area contributed by atoms with Gasteiger partial charge in [0.25, 0.3) is 0 Å². The van der Waals surface area contributed by atoms with Gasteiger partial charge in [-0.2, -0.15) is 5.26 Å². The number of anilines is 1. The van der Waals surface area contributed by atoms with Gasteiger partial charge in [-0.1, -0.05) is 19.1 Å². The number of carbonyl (C=O) groups excluding carboxylic acids is 1. The van der Waals surface area contributed by atoms with Crippen LogP contribution in [0.4, 0.5) is 5.69 Å². The van der Waals surface area contributed by atoms with E-state index in [0.29, 0.717) is 19.4 Å². The van der Waals surface area contributed by atoms with E-state index in [1.807, 2.05) is 31.2 Å². The molecule has 0 saturated heterocycles. The van der Waals surface area contributed by atoms with E-state index in [1.54, 1.807) is 6.92 Å². The minimum atomic E-state index is -0.327. The Kier molecular flexibility index (Phi) is 5.72. The van der Waals surface area contributed by atoms with Gasteiger partial charge in [-0.25, -0.2) is 4.79 Å². The molecule has 0 aliphatic heterocycles. The predicted molar refractivity (Wildman–Crippen MR) is 70.1 cm³/mol. The van der Waals surface area contributed by atoms with Crippen LogP contribution in [0.1, 0.15) is 25.8 Å². The fraction of sp³-hybridized carbons (Fsp3) is 0.429. The van der Waals surface area contributed by atoms with Crippen molar-refractivity contribution in [3.8, 4) is 6.07 Å². The highest BCUT2D eigenvalue weighted by Gasteiger charge is 2.16. The summed E-state index contributed by atoms with van der Waals surface area (Å²) in [7, 11) is 0. The van der Waals surface area contributed by atoms with Crippen LogP contribution in [0.3, 0.4) is 0 Å². The van der Waals surface area contributed by atoms with Crippen molar-refractivity contribution in [2.24, 2.45) is 0 Å². The zero-order chi connectivity index (χ0) is 13.4. The maximum absolute atomic E-state index is 11.6. The van der Waals surface area contributed by atoms with Gasteiger partial charge in [-0.3, -0.25) is 0 Å². The van der Waals surface area contributed by atoms with Crippen LogP contribution in [0, 0.1) is 11.3 Å². The molecule has 1 rings (SSSR count). The highest BCUT2D eigenvalue weighted by atomic mass is 16.5. The van der Waals surface area contributed by atoms with Gasteiger partial charge in [0.1, 0.15) is 6.04 Å². The normalized spacial score (nSPS) is 11.4. The zero-order valence-corrected chi connectivity index (χ0v) is 10.8. The second-order valence-electron chi connectivity index (χ2n) is 3.89. The number of carbonyl (C=O) groups is 1. The fourth-order valence-corrected chi connectivity index (χ4v) is 1.58. The van der Waals surface area contributed by atoms with Gasteiger partial charge in [0, 0.05) is 5.69 Å². The Bertz CT molecular complexity index is 420. The first-order valence-corrected chi connectivity index (χ1v) is 6.10. The number of ether oxygens (including phenoxy) is 1. The van der Waals surface area contributed by atoms with E-state index in [2.05, 4.69) is 11.4 Å². The van der Waals surface area contributed by atoms with Crippen molar-refractivity contribution in [3.05, 3.63) is 29.8 Å². The Morgan fingerprint density at radius 1 is 1.39 bits per heavy atom. The van der Waals surface area contributed by atoms with E-state index >= 15 is 0 Å². The van der Waals surface area contributed by atoms with Crippen LogP contribution in [0.5, 0.6) is 0 Å². The molecule has 0 saturated carbocycles. The quantitative estimate of drug-likeness (QED) is 0.783. The molecule has 0 spiro atoms. The molecule has 0 bridgehead atoms. The van der Waals surface area contributed by atoms with Crippen molar-refractivity contribution >= 4 is 11.7 Å². The standard InChI is InChI=1S/C14H18N2O2/c1-3-13(14(17)18-4-2)16-12-7-5-11(6-8-12)9-10-15/h5-8,13,16H,3-4,9H2,1-2H3. The third-order valence-electron chi connectivity index (χ3n) is 2.56. The number of nitrogens with one attached hydrogen (secondary N) is 1. The van der Waals surface area contributed by atoms with E-state index in [-0.39, 0.29) is 12.0 Å². The Hall–Kier alpha value is -2.02. The molecule has 96 valence electrons. The first kappa shape index (κ1) is 14.0. The van der Waals surface area contributed by atoms with Crippen molar-refractivity contribution in [2.45, 2.75) is 32.7 Å². The number of hydrogen-bond donors (Lipinski definition) is 1. The second kappa shape index (κ2) is 7.33. The molecule has 4 heteroatoms. The van der Waals surface area contributed by atoms with Crippen molar-refractivity contribution in [1.29, 1.82) is 5.26 Å². The average molecular weight is 246 g/mol. The van der Waals surface area contributed by atoms with E-state index < -0.39 is 0 Å². The molecule has 1 atom stereocenters. The first-order valence-electron chi connectivity index (χ1n) is 6.10. The van der Waals surface area contributed by atoms with Crippen LogP contribution in [0.15, 0.2) is 24.3 Å². The van der Waals surface area contributed by atoms with Crippen LogP contribution in [-0.4, -0.2) is 18.6 Å². The van der Waals surface area contributed by atoms with Gasteiger partial charge in [0.15, 0.2) is 0 Å². The summed E-state index contributed by atoms with van der Waals surface area (Å²) in [5.41, 5.74) is 1.82. The van der Waals surface area contributed by atoms with Crippen LogP contribution in [0.2, 0.25) is 0 Å². The monoisotopic (exact) mass is 246 g/mol. The summed E-state index contributed by atoms with van der Waals surface area (Å²) in [4.78, 5) is 11.6. The second-order valence-corrected chi connectivity index (χ2v) is 3.89. The number of benzene rings is 1. The molecule has 18 heavy (non-hydrogen) atoms. The Labute approximate surface area is 108 Å². The number of nitriles is 1. The van der Waals surface area contributed by atoms with Crippen molar-refractivity contribution in [3.63, 3.8) is 0 Å². The lowest BCUT2D eigenvalue weighted by molar-refractivity contribution is -0.144. The van der Waals surface area contributed by atoms with E-state index in [9.17, 15) is 4.79 Å². The summed E-state index contributed by atoms with van der Waals surface area (Å²) in [6, 6.07) is 9.26. The maximum Gasteiger partial charge on any atom is 0.328 e. The van der Waals surface area contributed by atoms with Gasteiger partial charge in [-0.05, 0) is 31.0 Å². The third kappa shape index (κ3) is 4.10. The molecule has 0 aromatic heterocycles. The average Bonchev–Trinajstić information content (AvgIpc) is 2.38. The van der Waals surface area contributed by atoms with Crippen LogP contribution in [-0.2, 0) is 16.0 Å².